The Kier molecular flexibility index (Phi) is 7.48. The average Bonchev–Trinajstić information content (AvgIpc) is 3.27. The van der Waals surface area contributed by atoms with Crippen molar-refractivity contribution in [1.82, 2.24) is 20.2 Å². The minimum Gasteiger partial charge on any atom is -0.220 e. The van der Waals surface area contributed by atoms with Crippen molar-refractivity contribution in [3.05, 3.63) is 67.0 Å². The van der Waals surface area contributed by atoms with Gasteiger partial charge in [0.05, 0.1) is 0 Å². The van der Waals surface area contributed by atoms with Gasteiger partial charge in [-0.1, -0.05) is 25.3 Å². The molecule has 0 unspecified atom stereocenters. The van der Waals surface area contributed by atoms with Crippen molar-refractivity contribution in [1.29, 1.82) is 0 Å². The molecule has 2 aromatic carbocycles. The van der Waals surface area contributed by atoms with Crippen LogP contribution < -0.4 is 0 Å². The Balaban J connectivity index is 0.000000176. The first-order valence-corrected chi connectivity index (χ1v) is 13.5. The predicted octanol–water partition coefficient (Wildman–Crippen LogP) is 4.85. The Labute approximate surface area is 160 Å². The molecule has 24 heavy (non-hydrogen) atoms. The second-order valence-electron chi connectivity index (χ2n) is 5.56. The summed E-state index contributed by atoms with van der Waals surface area (Å²) in [7, 11) is 9.87. The van der Waals surface area contributed by atoms with Gasteiger partial charge in [-0.05, 0) is 16.1 Å². The predicted molar refractivity (Wildman–Crippen MR) is 94.7 cm³/mol. The van der Waals surface area contributed by atoms with Crippen LogP contribution in [-0.4, -0.2) is 20.2 Å². The first-order valence-electron chi connectivity index (χ1n) is 7.19. The molecule has 1 aliphatic rings. The number of benzene rings is 1. The van der Waals surface area contributed by atoms with Gasteiger partial charge in [0.1, 0.15) is 6.33 Å². The van der Waals surface area contributed by atoms with Gasteiger partial charge in [-0.25, -0.2) is 16.8 Å². The molecule has 3 aromatic rings. The maximum Gasteiger partial charge on any atom is 0.141 e. The number of hydrogen-bond donors (Lipinski definition) is 0. The molecule has 0 aliphatic heterocycles. The second kappa shape index (κ2) is 9.36. The molecular formula is C17H16Cl2N4Zr. The van der Waals surface area contributed by atoms with E-state index in [1.54, 1.807) is 11.0 Å². The van der Waals surface area contributed by atoms with Crippen molar-refractivity contribution < 1.29 is 20.8 Å². The minimum absolute atomic E-state index is 0.208. The molecule has 0 radical (unpaired) electrons. The van der Waals surface area contributed by atoms with E-state index in [9.17, 15) is 0 Å². The Morgan fingerprint density at radius 1 is 1.25 bits per heavy atom. The van der Waals surface area contributed by atoms with Crippen LogP contribution in [-0.2, 0) is 20.8 Å². The van der Waals surface area contributed by atoms with Crippen LogP contribution in [0.1, 0.15) is 13.8 Å². The Bertz CT molecular complexity index is 760. The topological polar surface area (TPSA) is 43.6 Å². The Hall–Kier alpha value is -1.16. The van der Waals surface area contributed by atoms with E-state index < -0.39 is 20.8 Å². The summed E-state index contributed by atoms with van der Waals surface area (Å²) in [5, 5.41) is 13.5. The van der Waals surface area contributed by atoms with Crippen LogP contribution in [0.25, 0.3) is 16.5 Å². The Morgan fingerprint density at radius 3 is 2.50 bits per heavy atom. The smallest absolute Gasteiger partial charge is 0.141 e. The molecular weight excluding hydrogens is 422 g/mol. The molecule has 1 aliphatic carbocycles. The summed E-state index contributed by atoms with van der Waals surface area (Å²) in [4.78, 5) is 0. The van der Waals surface area contributed by atoms with Crippen molar-refractivity contribution in [3.8, 4) is 5.69 Å². The van der Waals surface area contributed by atoms with Gasteiger partial charge in [-0.15, -0.1) is 46.2 Å². The van der Waals surface area contributed by atoms with Crippen LogP contribution >= 0.6 is 17.0 Å². The van der Waals surface area contributed by atoms with Crippen molar-refractivity contribution >= 4 is 27.8 Å². The van der Waals surface area contributed by atoms with Gasteiger partial charge in [0, 0.05) is 0 Å². The molecule has 7 heteroatoms. The van der Waals surface area contributed by atoms with Crippen molar-refractivity contribution in [2.45, 2.75) is 13.8 Å². The molecule has 122 valence electrons. The fourth-order valence-corrected chi connectivity index (χ4v) is 2.15. The molecule has 0 fully saturated rings. The zero-order valence-electron chi connectivity index (χ0n) is 13.3. The van der Waals surface area contributed by atoms with Gasteiger partial charge in [-0.2, -0.15) is 6.08 Å². The molecule has 0 atom stereocenters. The third-order valence-corrected chi connectivity index (χ3v) is 3.28. The number of fused-ring (bicyclic) bond motifs is 1. The molecule has 0 spiro atoms. The van der Waals surface area contributed by atoms with Gasteiger partial charge in [0.2, 0.25) is 0 Å². The second-order valence-corrected chi connectivity index (χ2v) is 9.29. The first-order chi connectivity index (χ1) is 11.6. The quantitative estimate of drug-likeness (QED) is 0.510. The number of hydrogen-bond acceptors (Lipinski definition) is 3. The molecule has 4 rings (SSSR count). The van der Waals surface area contributed by atoms with Gasteiger partial charge in [-0.3, -0.25) is 6.08 Å². The molecule has 4 nitrogen and oxygen atoms in total. The van der Waals surface area contributed by atoms with E-state index in [2.05, 4.69) is 65.8 Å². The van der Waals surface area contributed by atoms with E-state index in [0.717, 1.165) is 5.69 Å². The molecule has 0 saturated heterocycles. The molecule has 0 saturated carbocycles. The molecule has 0 bridgehead atoms. The zero-order chi connectivity index (χ0) is 17.4. The van der Waals surface area contributed by atoms with Crippen molar-refractivity contribution in [3.63, 3.8) is 0 Å². The number of halogens is 2. The van der Waals surface area contributed by atoms with E-state index in [1.807, 2.05) is 24.3 Å². The SMILES string of the molecule is CC1(C)[C-]=CC=C1.[Cl][Zr+2][Cl].c1ccc2[cH-]c(-n3cnnn3)cc2c1. The maximum atomic E-state index is 4.93. The average molecular weight is 438 g/mol. The van der Waals surface area contributed by atoms with Crippen LogP contribution in [0.3, 0.4) is 0 Å². The van der Waals surface area contributed by atoms with E-state index in [1.165, 1.54) is 10.8 Å². The van der Waals surface area contributed by atoms with Gasteiger partial charge in [0.15, 0.2) is 0 Å². The molecule has 1 heterocycles. The van der Waals surface area contributed by atoms with E-state index in [4.69, 9.17) is 17.0 Å². The number of nitrogens with zero attached hydrogens (tertiary/aromatic N) is 4. The fraction of sp³-hybridized carbons (Fsp3) is 0.176. The van der Waals surface area contributed by atoms with Crippen LogP contribution in [0, 0.1) is 11.5 Å². The minimum atomic E-state index is -0.826. The van der Waals surface area contributed by atoms with Crippen LogP contribution in [0.15, 0.2) is 61.0 Å². The van der Waals surface area contributed by atoms with Gasteiger partial charge < -0.3 is 0 Å². The summed E-state index contributed by atoms with van der Waals surface area (Å²) in [5.74, 6) is 0. The third kappa shape index (κ3) is 5.73. The number of allylic oxidation sites excluding steroid dienone is 4. The van der Waals surface area contributed by atoms with Crippen LogP contribution in [0.5, 0.6) is 0 Å². The molecule has 0 N–H and O–H groups in total. The molecule has 1 aromatic heterocycles. The summed E-state index contributed by atoms with van der Waals surface area (Å²) >= 11 is -0.826. The fourth-order valence-electron chi connectivity index (χ4n) is 2.15. The van der Waals surface area contributed by atoms with Gasteiger partial charge >= 0.3 is 37.9 Å². The number of rotatable bonds is 1. The summed E-state index contributed by atoms with van der Waals surface area (Å²) < 4.78 is 1.65. The van der Waals surface area contributed by atoms with Crippen molar-refractivity contribution in [2.24, 2.45) is 5.41 Å². The van der Waals surface area contributed by atoms with Crippen LogP contribution in [0.2, 0.25) is 0 Å². The van der Waals surface area contributed by atoms with Crippen LogP contribution in [0.4, 0.5) is 0 Å². The number of tetrazole rings is 1. The number of aromatic nitrogens is 4. The summed E-state index contributed by atoms with van der Waals surface area (Å²) in [6.07, 6.45) is 10.9. The van der Waals surface area contributed by atoms with E-state index in [0.29, 0.717) is 0 Å². The van der Waals surface area contributed by atoms with E-state index >= 15 is 0 Å². The largest absolute Gasteiger partial charge is 0.220 e. The molecule has 0 amide bonds. The normalized spacial score (nSPS) is 13.7. The summed E-state index contributed by atoms with van der Waals surface area (Å²) in [6.45, 7) is 4.26. The van der Waals surface area contributed by atoms with E-state index in [-0.39, 0.29) is 5.41 Å². The summed E-state index contributed by atoms with van der Waals surface area (Å²) in [5.41, 5.74) is 1.20. The van der Waals surface area contributed by atoms with Gasteiger partial charge in [0.25, 0.3) is 0 Å². The van der Waals surface area contributed by atoms with Crippen molar-refractivity contribution in [2.75, 3.05) is 0 Å². The first kappa shape index (κ1) is 19.2. The monoisotopic (exact) mass is 436 g/mol. The Morgan fingerprint density at radius 2 is 2.00 bits per heavy atom. The zero-order valence-corrected chi connectivity index (χ0v) is 17.3. The summed E-state index contributed by atoms with van der Waals surface area (Å²) in [6, 6.07) is 12.3. The third-order valence-electron chi connectivity index (χ3n) is 3.28. The maximum absolute atomic E-state index is 4.93. The standard InChI is InChI=1S/C10H7N4.C7H9.2ClH.Zr/c1-2-4-9-6-10(5-8(9)3-1)14-7-11-12-13-14;1-7(2)5-3-4-6-7;;;/h1-7H;3-5H,1-2H3;2*1H;/q2*-1;;;+4/p-2.